The second-order valence-electron chi connectivity index (χ2n) is 6.46. The number of carbonyl (C=O) groups excluding carboxylic acids is 1. The van der Waals surface area contributed by atoms with Gasteiger partial charge in [-0.25, -0.2) is 9.78 Å². The molecule has 0 aliphatic carbocycles. The Hall–Kier alpha value is -2.28. The van der Waals surface area contributed by atoms with Crippen molar-refractivity contribution >= 4 is 28.2 Å². The van der Waals surface area contributed by atoms with Crippen LogP contribution in [0.3, 0.4) is 0 Å². The number of urea groups is 1. The number of nitrogens with one attached hydrogen (secondary N) is 1. The zero-order valence-electron chi connectivity index (χ0n) is 15.6. The molecule has 2 heterocycles. The van der Waals surface area contributed by atoms with Crippen LogP contribution in [0.5, 0.6) is 5.75 Å². The largest absolute Gasteiger partial charge is 0.492 e. The predicted molar refractivity (Wildman–Crippen MR) is 107 cm³/mol. The molecule has 1 saturated heterocycles. The summed E-state index contributed by atoms with van der Waals surface area (Å²) in [5.74, 6) is 0.718. The second kappa shape index (κ2) is 8.40. The Kier molecular flexibility index (Phi) is 5.98. The van der Waals surface area contributed by atoms with Crippen molar-refractivity contribution in [1.29, 1.82) is 0 Å². The molecule has 1 N–H and O–H groups in total. The number of nitrogens with zero attached hydrogens (tertiary/aromatic N) is 3. The van der Waals surface area contributed by atoms with Crippen LogP contribution in [0.15, 0.2) is 23.6 Å². The topological polar surface area (TPSA) is 57.7 Å². The van der Waals surface area contributed by atoms with Crippen LogP contribution in [0.25, 0.3) is 0 Å². The molecular formula is C19H26N4O2S. The van der Waals surface area contributed by atoms with Crippen molar-refractivity contribution in [3.63, 3.8) is 0 Å². The van der Waals surface area contributed by atoms with Gasteiger partial charge in [0.25, 0.3) is 0 Å². The molecule has 7 heteroatoms. The highest BCUT2D eigenvalue weighted by molar-refractivity contribution is 7.13. The third-order valence-electron chi connectivity index (χ3n) is 4.34. The van der Waals surface area contributed by atoms with E-state index in [1.807, 2.05) is 43.9 Å². The summed E-state index contributed by atoms with van der Waals surface area (Å²) in [6, 6.07) is 5.76. The lowest BCUT2D eigenvalue weighted by atomic mass is 10.2. The van der Waals surface area contributed by atoms with Crippen LogP contribution in [0.1, 0.15) is 24.6 Å². The molecule has 1 fully saturated rings. The summed E-state index contributed by atoms with van der Waals surface area (Å²) >= 11 is 1.67. The smallest absolute Gasteiger partial charge is 0.322 e. The zero-order valence-corrected chi connectivity index (χ0v) is 16.4. The fourth-order valence-electron chi connectivity index (χ4n) is 3.00. The lowest BCUT2D eigenvalue weighted by Crippen LogP contribution is -2.38. The molecule has 0 saturated carbocycles. The summed E-state index contributed by atoms with van der Waals surface area (Å²) in [5, 5.41) is 6.12. The first-order chi connectivity index (χ1) is 12.6. The Morgan fingerprint density at radius 2 is 2.12 bits per heavy atom. The Balaban J connectivity index is 1.63. The van der Waals surface area contributed by atoms with Gasteiger partial charge in [0.05, 0.1) is 18.0 Å². The lowest BCUT2D eigenvalue weighted by Gasteiger charge is -2.22. The van der Waals surface area contributed by atoms with Crippen LogP contribution in [0.2, 0.25) is 0 Å². The van der Waals surface area contributed by atoms with Gasteiger partial charge in [0.2, 0.25) is 0 Å². The highest BCUT2D eigenvalue weighted by atomic mass is 32.1. The number of thiazole rings is 1. The van der Waals surface area contributed by atoms with E-state index in [9.17, 15) is 4.79 Å². The lowest BCUT2D eigenvalue weighted by molar-refractivity contribution is 0.215. The number of benzene rings is 1. The quantitative estimate of drug-likeness (QED) is 0.882. The summed E-state index contributed by atoms with van der Waals surface area (Å²) < 4.78 is 5.66. The SMILES string of the molecule is CCOc1cc(C)ccc1NC(=O)N1CCCN(c2nc(C)cs2)CC1. The number of aromatic nitrogens is 1. The van der Waals surface area contributed by atoms with E-state index in [4.69, 9.17) is 4.74 Å². The van der Waals surface area contributed by atoms with E-state index in [1.54, 1.807) is 11.3 Å². The van der Waals surface area contributed by atoms with Crippen LogP contribution in [0.4, 0.5) is 15.6 Å². The number of amides is 2. The average molecular weight is 375 g/mol. The standard InChI is InChI=1S/C19H26N4O2S/c1-4-25-17-12-14(2)6-7-16(17)21-18(24)22-8-5-9-23(11-10-22)19-20-15(3)13-26-19/h6-7,12-13H,4-5,8-11H2,1-3H3,(H,21,24). The Bertz CT molecular complexity index is 762. The third kappa shape index (κ3) is 4.46. The van der Waals surface area contributed by atoms with Crippen molar-refractivity contribution in [3.8, 4) is 5.75 Å². The maximum absolute atomic E-state index is 12.7. The zero-order chi connectivity index (χ0) is 18.5. The van der Waals surface area contributed by atoms with Gasteiger partial charge >= 0.3 is 6.03 Å². The highest BCUT2D eigenvalue weighted by Crippen LogP contribution is 2.26. The average Bonchev–Trinajstić information content (AvgIpc) is 2.90. The van der Waals surface area contributed by atoms with Crippen molar-refractivity contribution in [2.45, 2.75) is 27.2 Å². The van der Waals surface area contributed by atoms with Crippen molar-refractivity contribution in [1.82, 2.24) is 9.88 Å². The summed E-state index contributed by atoms with van der Waals surface area (Å²) in [6.07, 6.45) is 0.929. The van der Waals surface area contributed by atoms with Gasteiger partial charge in [-0.2, -0.15) is 0 Å². The minimum absolute atomic E-state index is 0.0769. The number of hydrogen-bond acceptors (Lipinski definition) is 5. The van der Waals surface area contributed by atoms with Gasteiger partial charge in [0.1, 0.15) is 5.75 Å². The van der Waals surface area contributed by atoms with Crippen LogP contribution in [-0.2, 0) is 0 Å². The number of rotatable bonds is 4. The number of carbonyl (C=O) groups is 1. The fraction of sp³-hybridized carbons (Fsp3) is 0.474. The Morgan fingerprint density at radius 1 is 1.27 bits per heavy atom. The number of hydrogen-bond donors (Lipinski definition) is 1. The molecule has 2 amide bonds. The molecule has 3 rings (SSSR count). The summed E-state index contributed by atoms with van der Waals surface area (Å²) in [5.41, 5.74) is 2.88. The maximum atomic E-state index is 12.7. The van der Waals surface area contributed by atoms with E-state index in [2.05, 4.69) is 20.6 Å². The fourth-order valence-corrected chi connectivity index (χ4v) is 3.86. The molecule has 2 aromatic rings. The molecule has 1 aromatic carbocycles. The first kappa shape index (κ1) is 18.5. The number of ether oxygens (including phenoxy) is 1. The van der Waals surface area contributed by atoms with Gasteiger partial charge in [-0.05, 0) is 44.9 Å². The minimum Gasteiger partial charge on any atom is -0.492 e. The summed E-state index contributed by atoms with van der Waals surface area (Å²) in [7, 11) is 0. The molecule has 1 aliphatic heterocycles. The van der Waals surface area contributed by atoms with Crippen molar-refractivity contribution in [2.24, 2.45) is 0 Å². The summed E-state index contributed by atoms with van der Waals surface area (Å²) in [4.78, 5) is 21.4. The van der Waals surface area contributed by atoms with Gasteiger partial charge in [0, 0.05) is 31.6 Å². The molecular weight excluding hydrogens is 348 g/mol. The normalized spacial score (nSPS) is 14.9. The molecule has 6 nitrogen and oxygen atoms in total. The van der Waals surface area contributed by atoms with Gasteiger partial charge in [0.15, 0.2) is 5.13 Å². The first-order valence-electron chi connectivity index (χ1n) is 9.03. The van der Waals surface area contributed by atoms with E-state index >= 15 is 0 Å². The van der Waals surface area contributed by atoms with Crippen LogP contribution >= 0.6 is 11.3 Å². The van der Waals surface area contributed by atoms with Crippen LogP contribution in [-0.4, -0.2) is 48.7 Å². The number of aryl methyl sites for hydroxylation is 2. The van der Waals surface area contributed by atoms with Crippen molar-refractivity contribution in [2.75, 3.05) is 43.0 Å². The molecule has 26 heavy (non-hydrogen) atoms. The van der Waals surface area contributed by atoms with E-state index in [0.29, 0.717) is 13.2 Å². The van der Waals surface area contributed by atoms with Crippen LogP contribution < -0.4 is 15.0 Å². The molecule has 1 aliphatic rings. The summed E-state index contributed by atoms with van der Waals surface area (Å²) in [6.45, 7) is 9.67. The molecule has 0 bridgehead atoms. The molecule has 0 radical (unpaired) electrons. The Morgan fingerprint density at radius 3 is 2.85 bits per heavy atom. The molecule has 0 spiro atoms. The van der Waals surface area contributed by atoms with Gasteiger partial charge < -0.3 is 19.9 Å². The van der Waals surface area contributed by atoms with E-state index < -0.39 is 0 Å². The van der Waals surface area contributed by atoms with E-state index in [-0.39, 0.29) is 6.03 Å². The maximum Gasteiger partial charge on any atom is 0.322 e. The van der Waals surface area contributed by atoms with E-state index in [0.717, 1.165) is 53.9 Å². The van der Waals surface area contributed by atoms with Gasteiger partial charge in [-0.15, -0.1) is 11.3 Å². The monoisotopic (exact) mass is 374 g/mol. The van der Waals surface area contributed by atoms with Gasteiger partial charge in [-0.3, -0.25) is 0 Å². The minimum atomic E-state index is -0.0769. The van der Waals surface area contributed by atoms with E-state index in [1.165, 1.54) is 0 Å². The predicted octanol–water partition coefficient (Wildman–Crippen LogP) is 3.90. The number of anilines is 2. The Labute approximate surface area is 158 Å². The molecule has 1 aromatic heterocycles. The first-order valence-corrected chi connectivity index (χ1v) is 9.91. The molecule has 0 unspecified atom stereocenters. The van der Waals surface area contributed by atoms with Crippen molar-refractivity contribution < 1.29 is 9.53 Å². The van der Waals surface area contributed by atoms with Crippen LogP contribution in [0, 0.1) is 13.8 Å². The highest BCUT2D eigenvalue weighted by Gasteiger charge is 2.21. The van der Waals surface area contributed by atoms with Crippen molar-refractivity contribution in [3.05, 3.63) is 34.8 Å². The second-order valence-corrected chi connectivity index (χ2v) is 7.30. The van der Waals surface area contributed by atoms with Gasteiger partial charge in [-0.1, -0.05) is 6.07 Å². The molecule has 0 atom stereocenters. The molecule has 140 valence electrons. The third-order valence-corrected chi connectivity index (χ3v) is 5.36.